The third-order valence-corrected chi connectivity index (χ3v) is 5.02. The molecule has 3 rings (SSSR count). The lowest BCUT2D eigenvalue weighted by molar-refractivity contribution is -0.123. The fraction of sp³-hybridized carbons (Fsp3) is 0.435. The van der Waals surface area contributed by atoms with Gasteiger partial charge in [-0.25, -0.2) is 0 Å². The van der Waals surface area contributed by atoms with Gasteiger partial charge in [0.15, 0.2) is 6.61 Å². The predicted molar refractivity (Wildman–Crippen MR) is 112 cm³/mol. The third-order valence-electron chi connectivity index (χ3n) is 5.02. The van der Waals surface area contributed by atoms with Crippen LogP contribution in [0.2, 0.25) is 0 Å². The molecule has 150 valence electrons. The van der Waals surface area contributed by atoms with Crippen LogP contribution in [0, 0.1) is 0 Å². The molecule has 1 heterocycles. The van der Waals surface area contributed by atoms with E-state index in [1.807, 2.05) is 12.1 Å². The van der Waals surface area contributed by atoms with Gasteiger partial charge in [0.2, 0.25) is 0 Å². The van der Waals surface area contributed by atoms with Crippen molar-refractivity contribution in [3.8, 4) is 11.5 Å². The number of carbonyl (C=O) groups is 1. The smallest absolute Gasteiger partial charge is 0.257 e. The normalized spacial score (nSPS) is 13.0. The van der Waals surface area contributed by atoms with E-state index in [9.17, 15) is 4.79 Å². The van der Waals surface area contributed by atoms with Crippen LogP contribution in [0.1, 0.15) is 30.9 Å². The molecule has 1 aliphatic heterocycles. The Balaban J connectivity index is 1.43. The van der Waals surface area contributed by atoms with E-state index in [1.165, 1.54) is 29.7 Å². The van der Waals surface area contributed by atoms with Gasteiger partial charge in [-0.15, -0.1) is 0 Å². The van der Waals surface area contributed by atoms with Crippen LogP contribution < -0.4 is 19.7 Å². The maximum absolute atomic E-state index is 12.0. The number of ether oxygens (including phenoxy) is 2. The molecule has 0 aromatic heterocycles. The van der Waals surface area contributed by atoms with Crippen LogP contribution in [-0.4, -0.2) is 39.3 Å². The molecule has 0 saturated carbocycles. The van der Waals surface area contributed by atoms with Gasteiger partial charge in [0.25, 0.3) is 5.91 Å². The standard InChI is InChI=1S/C23H30N2O3/c1-3-14-25-15-4-5-19-16-18(6-11-22(19)25)12-13-24-23(26)17-28-21-9-7-20(27-2)8-10-21/h6-11,16H,3-5,12-15,17H2,1-2H3,(H,24,26). The molecule has 5 nitrogen and oxygen atoms in total. The van der Waals surface area contributed by atoms with E-state index in [-0.39, 0.29) is 12.5 Å². The minimum absolute atomic E-state index is 0.0164. The molecule has 1 amide bonds. The summed E-state index contributed by atoms with van der Waals surface area (Å²) in [5.41, 5.74) is 4.09. The number of anilines is 1. The Morgan fingerprint density at radius 2 is 1.93 bits per heavy atom. The van der Waals surface area contributed by atoms with E-state index < -0.39 is 0 Å². The van der Waals surface area contributed by atoms with Crippen molar-refractivity contribution in [1.82, 2.24) is 5.32 Å². The molecule has 2 aromatic carbocycles. The average Bonchev–Trinajstić information content (AvgIpc) is 2.73. The van der Waals surface area contributed by atoms with E-state index in [0.717, 1.165) is 31.7 Å². The minimum atomic E-state index is -0.108. The number of amides is 1. The Morgan fingerprint density at radius 1 is 1.14 bits per heavy atom. The van der Waals surface area contributed by atoms with Gasteiger partial charge in [0.1, 0.15) is 11.5 Å². The number of nitrogens with zero attached hydrogens (tertiary/aromatic N) is 1. The van der Waals surface area contributed by atoms with Crippen LogP contribution in [0.3, 0.4) is 0 Å². The Kier molecular flexibility index (Phi) is 7.18. The molecule has 0 aliphatic carbocycles. The third kappa shape index (κ3) is 5.41. The summed E-state index contributed by atoms with van der Waals surface area (Å²) in [6.07, 6.45) is 4.36. The van der Waals surface area contributed by atoms with Crippen molar-refractivity contribution in [2.24, 2.45) is 0 Å². The number of carbonyl (C=O) groups excluding carboxylic acids is 1. The lowest BCUT2D eigenvalue weighted by Gasteiger charge is -2.31. The number of nitrogens with one attached hydrogen (secondary N) is 1. The Morgan fingerprint density at radius 3 is 2.68 bits per heavy atom. The topological polar surface area (TPSA) is 50.8 Å². The van der Waals surface area contributed by atoms with Crippen molar-refractivity contribution < 1.29 is 14.3 Å². The number of fused-ring (bicyclic) bond motifs is 1. The average molecular weight is 383 g/mol. The van der Waals surface area contributed by atoms with Crippen molar-refractivity contribution in [3.05, 3.63) is 53.6 Å². The van der Waals surface area contributed by atoms with Gasteiger partial charge in [-0.3, -0.25) is 4.79 Å². The first kappa shape index (κ1) is 20.1. The monoisotopic (exact) mass is 382 g/mol. The number of rotatable bonds is 9. The molecule has 0 bridgehead atoms. The van der Waals surface area contributed by atoms with Gasteiger partial charge in [-0.05, 0) is 67.1 Å². The molecule has 1 aliphatic rings. The zero-order chi connectivity index (χ0) is 19.8. The van der Waals surface area contributed by atoms with E-state index in [0.29, 0.717) is 12.3 Å². The molecule has 1 N–H and O–H groups in total. The van der Waals surface area contributed by atoms with E-state index in [1.54, 1.807) is 19.2 Å². The van der Waals surface area contributed by atoms with Crippen LogP contribution in [0.4, 0.5) is 5.69 Å². The summed E-state index contributed by atoms with van der Waals surface area (Å²) < 4.78 is 10.6. The van der Waals surface area contributed by atoms with Crippen LogP contribution in [0.15, 0.2) is 42.5 Å². The summed E-state index contributed by atoms with van der Waals surface area (Å²) in [7, 11) is 1.62. The van der Waals surface area contributed by atoms with E-state index >= 15 is 0 Å². The van der Waals surface area contributed by atoms with E-state index in [4.69, 9.17) is 9.47 Å². The zero-order valence-corrected chi connectivity index (χ0v) is 16.9. The fourth-order valence-corrected chi connectivity index (χ4v) is 3.60. The van der Waals surface area contributed by atoms with Crippen molar-refractivity contribution in [2.45, 2.75) is 32.6 Å². The van der Waals surface area contributed by atoms with Crippen LogP contribution >= 0.6 is 0 Å². The van der Waals surface area contributed by atoms with E-state index in [2.05, 4.69) is 35.3 Å². The summed E-state index contributed by atoms with van der Waals surface area (Å²) in [4.78, 5) is 14.5. The first-order valence-electron chi connectivity index (χ1n) is 10.1. The van der Waals surface area contributed by atoms with Crippen LogP contribution in [0.25, 0.3) is 0 Å². The Bertz CT molecular complexity index is 774. The number of methoxy groups -OCH3 is 1. The molecule has 28 heavy (non-hydrogen) atoms. The van der Waals surface area contributed by atoms with Gasteiger partial charge in [0, 0.05) is 25.3 Å². The lowest BCUT2D eigenvalue weighted by atomic mass is 9.98. The first-order chi connectivity index (χ1) is 13.7. The highest BCUT2D eigenvalue weighted by atomic mass is 16.5. The maximum Gasteiger partial charge on any atom is 0.257 e. The van der Waals surface area contributed by atoms with Crippen LogP contribution in [0.5, 0.6) is 11.5 Å². The highest BCUT2D eigenvalue weighted by Gasteiger charge is 2.16. The molecule has 0 fully saturated rings. The van der Waals surface area contributed by atoms with Gasteiger partial charge in [-0.2, -0.15) is 0 Å². The van der Waals surface area contributed by atoms with Gasteiger partial charge >= 0.3 is 0 Å². The summed E-state index contributed by atoms with van der Waals surface area (Å²) >= 11 is 0. The lowest BCUT2D eigenvalue weighted by Crippen LogP contribution is -2.31. The largest absolute Gasteiger partial charge is 0.497 e. The van der Waals surface area contributed by atoms with Gasteiger partial charge in [0.05, 0.1) is 7.11 Å². The van der Waals surface area contributed by atoms with Crippen molar-refractivity contribution >= 4 is 11.6 Å². The van der Waals surface area contributed by atoms with Crippen LogP contribution in [-0.2, 0) is 17.6 Å². The quantitative estimate of drug-likeness (QED) is 0.720. The molecule has 0 spiro atoms. The Hall–Kier alpha value is -2.69. The highest BCUT2D eigenvalue weighted by Crippen LogP contribution is 2.28. The molecule has 0 atom stereocenters. The SMILES string of the molecule is CCCN1CCCc2cc(CCNC(=O)COc3ccc(OC)cc3)ccc21. The number of hydrogen-bond donors (Lipinski definition) is 1. The van der Waals surface area contributed by atoms with Crippen molar-refractivity contribution in [3.63, 3.8) is 0 Å². The molecule has 0 unspecified atom stereocenters. The summed E-state index contributed by atoms with van der Waals surface area (Å²) in [5, 5.41) is 2.93. The number of hydrogen-bond acceptors (Lipinski definition) is 4. The zero-order valence-electron chi connectivity index (χ0n) is 16.9. The molecule has 5 heteroatoms. The van der Waals surface area contributed by atoms with Gasteiger partial charge in [-0.1, -0.05) is 19.1 Å². The summed E-state index contributed by atoms with van der Waals surface area (Å²) in [6.45, 7) is 5.13. The fourth-order valence-electron chi connectivity index (χ4n) is 3.60. The Labute approximate surface area is 167 Å². The van der Waals surface area contributed by atoms with Crippen molar-refractivity contribution in [2.75, 3.05) is 38.3 Å². The predicted octanol–water partition coefficient (Wildman–Crippen LogP) is 3.60. The highest BCUT2D eigenvalue weighted by molar-refractivity contribution is 5.77. The molecule has 0 radical (unpaired) electrons. The maximum atomic E-state index is 12.0. The molecular formula is C23H30N2O3. The van der Waals surface area contributed by atoms with Crippen molar-refractivity contribution in [1.29, 1.82) is 0 Å². The minimum Gasteiger partial charge on any atom is -0.497 e. The van der Waals surface area contributed by atoms with Gasteiger partial charge < -0.3 is 19.7 Å². The second-order valence-corrected chi connectivity index (χ2v) is 7.12. The summed E-state index contributed by atoms with van der Waals surface area (Å²) in [6, 6.07) is 13.9. The molecule has 2 aromatic rings. The first-order valence-corrected chi connectivity index (χ1v) is 10.1. The second kappa shape index (κ2) is 10.0. The second-order valence-electron chi connectivity index (χ2n) is 7.12. The molecule has 0 saturated heterocycles. The number of aryl methyl sites for hydroxylation is 1. The summed E-state index contributed by atoms with van der Waals surface area (Å²) in [5.74, 6) is 1.31. The number of benzene rings is 2. The molecular weight excluding hydrogens is 352 g/mol.